The highest BCUT2D eigenvalue weighted by Gasteiger charge is 2.13. The van der Waals surface area contributed by atoms with E-state index in [9.17, 15) is 4.79 Å². The second kappa shape index (κ2) is 11.6. The molecule has 3 rings (SSSR count). The van der Waals surface area contributed by atoms with Gasteiger partial charge >= 0.3 is 0 Å². The van der Waals surface area contributed by atoms with Crippen molar-refractivity contribution in [2.45, 2.75) is 6.61 Å². The summed E-state index contributed by atoms with van der Waals surface area (Å²) < 4.78 is 11.2. The molecule has 3 aromatic rings. The number of nitrogens with one attached hydrogen (secondary N) is 1. The number of carbonyl (C=O) groups is 1. The van der Waals surface area contributed by atoms with Crippen molar-refractivity contribution in [3.05, 3.63) is 86.9 Å². The standard InChI is InChI=1S/C23H19Cl3N2O4/c1-30-21-11-15(10-20(26)23(21)31-13-16-4-2-3-5-19(16)25)12-27-32-14-22(29)28-18-8-6-17(24)7-9-18/h2-12H,13-14H2,1H3,(H,28,29)/b27-12+. The van der Waals surface area contributed by atoms with Crippen LogP contribution in [0.1, 0.15) is 11.1 Å². The van der Waals surface area contributed by atoms with E-state index in [0.717, 1.165) is 5.56 Å². The average molecular weight is 494 g/mol. The number of oxime groups is 1. The molecule has 0 atom stereocenters. The van der Waals surface area contributed by atoms with E-state index >= 15 is 0 Å². The monoisotopic (exact) mass is 492 g/mol. The van der Waals surface area contributed by atoms with E-state index in [2.05, 4.69) is 10.5 Å². The van der Waals surface area contributed by atoms with E-state index in [1.165, 1.54) is 13.3 Å². The van der Waals surface area contributed by atoms with E-state index in [1.54, 1.807) is 42.5 Å². The molecule has 0 bridgehead atoms. The van der Waals surface area contributed by atoms with E-state index in [4.69, 9.17) is 49.1 Å². The fourth-order valence-corrected chi connectivity index (χ4v) is 3.23. The van der Waals surface area contributed by atoms with E-state index < -0.39 is 0 Å². The highest BCUT2D eigenvalue weighted by Crippen LogP contribution is 2.37. The zero-order valence-corrected chi connectivity index (χ0v) is 19.2. The van der Waals surface area contributed by atoms with Gasteiger partial charge in [0.2, 0.25) is 0 Å². The Hall–Kier alpha value is -2.93. The third-order valence-electron chi connectivity index (χ3n) is 4.18. The maximum Gasteiger partial charge on any atom is 0.265 e. The van der Waals surface area contributed by atoms with Gasteiger partial charge in [0.25, 0.3) is 5.91 Å². The number of methoxy groups -OCH3 is 1. The lowest BCUT2D eigenvalue weighted by Gasteiger charge is -2.14. The summed E-state index contributed by atoms with van der Waals surface area (Å²) in [6, 6.07) is 17.4. The molecule has 32 heavy (non-hydrogen) atoms. The average Bonchev–Trinajstić information content (AvgIpc) is 2.78. The maximum absolute atomic E-state index is 11.9. The van der Waals surface area contributed by atoms with Crippen LogP contribution in [0.5, 0.6) is 11.5 Å². The minimum atomic E-state index is -0.358. The number of rotatable bonds is 9. The quantitative estimate of drug-likeness (QED) is 0.284. The molecular formula is C23H19Cl3N2O4. The fourth-order valence-electron chi connectivity index (χ4n) is 2.64. The molecule has 6 nitrogen and oxygen atoms in total. The van der Waals surface area contributed by atoms with Crippen LogP contribution in [0.3, 0.4) is 0 Å². The molecule has 0 aliphatic carbocycles. The Morgan fingerprint density at radius 3 is 2.50 bits per heavy atom. The molecule has 166 valence electrons. The molecule has 0 aliphatic rings. The minimum absolute atomic E-state index is 0.231. The first-order chi connectivity index (χ1) is 15.5. The number of anilines is 1. The van der Waals surface area contributed by atoms with Gasteiger partial charge in [-0.25, -0.2) is 0 Å². The van der Waals surface area contributed by atoms with E-state index in [0.29, 0.717) is 37.8 Å². The van der Waals surface area contributed by atoms with Gasteiger partial charge in [0.1, 0.15) is 6.61 Å². The van der Waals surface area contributed by atoms with Gasteiger partial charge in [-0.2, -0.15) is 0 Å². The van der Waals surface area contributed by atoms with Crippen LogP contribution in [0, 0.1) is 0 Å². The lowest BCUT2D eigenvalue weighted by atomic mass is 10.2. The van der Waals surface area contributed by atoms with Gasteiger partial charge in [-0.1, -0.05) is 58.2 Å². The molecule has 0 spiro atoms. The number of ether oxygens (including phenoxy) is 2. The second-order valence-electron chi connectivity index (χ2n) is 6.48. The summed E-state index contributed by atoms with van der Waals surface area (Å²) in [5.74, 6) is 0.449. The first-order valence-electron chi connectivity index (χ1n) is 9.40. The third kappa shape index (κ3) is 6.79. The number of amides is 1. The Morgan fingerprint density at radius 2 is 1.78 bits per heavy atom. The highest BCUT2D eigenvalue weighted by atomic mass is 35.5. The number of halogens is 3. The minimum Gasteiger partial charge on any atom is -0.493 e. The summed E-state index contributed by atoms with van der Waals surface area (Å²) in [6.07, 6.45) is 1.42. The van der Waals surface area contributed by atoms with Crippen molar-refractivity contribution >= 4 is 52.6 Å². The van der Waals surface area contributed by atoms with E-state index in [1.807, 2.05) is 18.2 Å². The molecule has 0 aromatic heterocycles. The molecular weight excluding hydrogens is 475 g/mol. The number of hydrogen-bond donors (Lipinski definition) is 1. The smallest absolute Gasteiger partial charge is 0.265 e. The van der Waals surface area contributed by atoms with Crippen LogP contribution >= 0.6 is 34.8 Å². The van der Waals surface area contributed by atoms with Gasteiger partial charge in [-0.15, -0.1) is 0 Å². The lowest BCUT2D eigenvalue weighted by molar-refractivity contribution is -0.120. The molecule has 3 aromatic carbocycles. The number of carbonyl (C=O) groups excluding carboxylic acids is 1. The summed E-state index contributed by atoms with van der Waals surface area (Å²) in [7, 11) is 1.51. The Kier molecular flexibility index (Phi) is 8.62. The van der Waals surface area contributed by atoms with Gasteiger partial charge in [0, 0.05) is 26.9 Å². The topological polar surface area (TPSA) is 69.2 Å². The van der Waals surface area contributed by atoms with Crippen LogP contribution in [0.2, 0.25) is 15.1 Å². The van der Waals surface area contributed by atoms with Gasteiger partial charge < -0.3 is 19.6 Å². The molecule has 0 heterocycles. The normalized spacial score (nSPS) is 10.8. The first kappa shape index (κ1) is 23.7. The Labute approximate surface area is 200 Å². The molecule has 0 radical (unpaired) electrons. The zero-order valence-electron chi connectivity index (χ0n) is 17.0. The lowest BCUT2D eigenvalue weighted by Crippen LogP contribution is -2.16. The number of nitrogens with zero attached hydrogens (tertiary/aromatic N) is 1. The summed E-state index contributed by atoms with van der Waals surface area (Å²) in [6.45, 7) is -0.0297. The van der Waals surface area contributed by atoms with Crippen molar-refractivity contribution in [1.29, 1.82) is 0 Å². The highest BCUT2D eigenvalue weighted by molar-refractivity contribution is 6.32. The largest absolute Gasteiger partial charge is 0.493 e. The molecule has 0 saturated heterocycles. The Balaban J connectivity index is 1.57. The molecule has 9 heteroatoms. The zero-order chi connectivity index (χ0) is 22.9. The SMILES string of the molecule is COc1cc(/C=N/OCC(=O)Nc2ccc(Cl)cc2)cc(Cl)c1OCc1ccccc1Cl. The van der Waals surface area contributed by atoms with Crippen LogP contribution < -0.4 is 14.8 Å². The number of hydrogen-bond acceptors (Lipinski definition) is 5. The Bertz CT molecular complexity index is 1100. The molecule has 0 saturated carbocycles. The molecule has 1 amide bonds. The predicted molar refractivity (Wildman–Crippen MR) is 127 cm³/mol. The van der Waals surface area contributed by atoms with E-state index in [-0.39, 0.29) is 19.1 Å². The molecule has 1 N–H and O–H groups in total. The van der Waals surface area contributed by atoms with Crippen LogP contribution in [-0.4, -0.2) is 25.8 Å². The van der Waals surface area contributed by atoms with Crippen LogP contribution in [0.4, 0.5) is 5.69 Å². The summed E-state index contributed by atoms with van der Waals surface area (Å²) >= 11 is 18.3. The maximum atomic E-state index is 11.9. The van der Waals surface area contributed by atoms with Gasteiger partial charge in [-0.3, -0.25) is 4.79 Å². The van der Waals surface area contributed by atoms with Crippen molar-refractivity contribution in [2.24, 2.45) is 5.16 Å². The van der Waals surface area contributed by atoms with Crippen molar-refractivity contribution in [1.82, 2.24) is 0 Å². The second-order valence-corrected chi connectivity index (χ2v) is 7.73. The number of benzene rings is 3. The van der Waals surface area contributed by atoms with Crippen molar-refractivity contribution in [2.75, 3.05) is 19.0 Å². The molecule has 0 fully saturated rings. The summed E-state index contributed by atoms with van der Waals surface area (Å²) in [4.78, 5) is 17.0. The fraction of sp³-hybridized carbons (Fsp3) is 0.130. The summed E-state index contributed by atoms with van der Waals surface area (Å²) in [5.41, 5.74) is 2.04. The van der Waals surface area contributed by atoms with Crippen LogP contribution in [-0.2, 0) is 16.2 Å². The first-order valence-corrected chi connectivity index (χ1v) is 10.5. The van der Waals surface area contributed by atoms with Gasteiger partial charge in [0.15, 0.2) is 18.1 Å². The molecule has 0 aliphatic heterocycles. The van der Waals surface area contributed by atoms with Crippen molar-refractivity contribution in [3.63, 3.8) is 0 Å². The van der Waals surface area contributed by atoms with Crippen LogP contribution in [0.15, 0.2) is 65.8 Å². The summed E-state index contributed by atoms with van der Waals surface area (Å²) in [5, 5.41) is 7.99. The van der Waals surface area contributed by atoms with Crippen molar-refractivity contribution in [3.8, 4) is 11.5 Å². The van der Waals surface area contributed by atoms with Crippen molar-refractivity contribution < 1.29 is 19.1 Å². The Morgan fingerprint density at radius 1 is 1.03 bits per heavy atom. The van der Waals surface area contributed by atoms with Gasteiger partial charge in [0.05, 0.1) is 18.3 Å². The van der Waals surface area contributed by atoms with Gasteiger partial charge in [-0.05, 0) is 42.5 Å². The molecule has 0 unspecified atom stereocenters. The van der Waals surface area contributed by atoms with Crippen LogP contribution in [0.25, 0.3) is 0 Å². The predicted octanol–water partition coefficient (Wildman–Crippen LogP) is 6.22. The third-order valence-corrected chi connectivity index (χ3v) is 5.08.